The Kier molecular flexibility index (Phi) is 5.91. The smallest absolute Gasteiger partial charge is 0.212 e. The molecule has 0 bridgehead atoms. The average molecular weight is 323 g/mol. The molecule has 0 aliphatic heterocycles. The molecule has 0 atom stereocenters. The fourth-order valence-corrected chi connectivity index (χ4v) is 2.94. The lowest BCUT2D eigenvalue weighted by Crippen LogP contribution is -2.31. The molecular formula is C16H18FNO3S. The molecule has 0 amide bonds. The highest BCUT2D eigenvalue weighted by molar-refractivity contribution is 7.89. The molecule has 0 aromatic heterocycles. The minimum atomic E-state index is -3.35. The second-order valence-corrected chi connectivity index (χ2v) is 6.68. The van der Waals surface area contributed by atoms with E-state index in [0.29, 0.717) is 12.2 Å². The normalized spacial score (nSPS) is 11.3. The molecule has 0 aliphatic carbocycles. The second kappa shape index (κ2) is 7.91. The van der Waals surface area contributed by atoms with Crippen LogP contribution >= 0.6 is 0 Å². The first-order valence-electron chi connectivity index (χ1n) is 6.95. The topological polar surface area (TPSA) is 55.4 Å². The number of rotatable bonds is 8. The van der Waals surface area contributed by atoms with Crippen molar-refractivity contribution in [1.29, 1.82) is 0 Å². The Bertz CT molecular complexity index is 690. The lowest BCUT2D eigenvalue weighted by molar-refractivity contribution is 0.321. The quantitative estimate of drug-likeness (QED) is 0.759. The second-order valence-electron chi connectivity index (χ2n) is 4.75. The molecule has 4 nitrogen and oxygen atoms in total. The van der Waals surface area contributed by atoms with Gasteiger partial charge in [-0.25, -0.2) is 17.5 Å². The third-order valence-corrected chi connectivity index (χ3v) is 4.38. The van der Waals surface area contributed by atoms with Gasteiger partial charge in [0.1, 0.15) is 18.2 Å². The summed E-state index contributed by atoms with van der Waals surface area (Å²) in [6.07, 6.45) is 0.459. The van der Waals surface area contributed by atoms with E-state index < -0.39 is 10.0 Å². The van der Waals surface area contributed by atoms with Crippen LogP contribution in [0.5, 0.6) is 5.75 Å². The Labute approximate surface area is 130 Å². The standard InChI is InChI=1S/C16H18FNO3S/c17-15-7-4-8-16(13-15)21-11-10-18-22(19,20)12-9-14-5-2-1-3-6-14/h1-8,13,18H,9-12H2. The summed E-state index contributed by atoms with van der Waals surface area (Å²) < 4.78 is 44.4. The minimum absolute atomic E-state index is 0.0248. The van der Waals surface area contributed by atoms with E-state index in [1.165, 1.54) is 18.2 Å². The van der Waals surface area contributed by atoms with E-state index in [4.69, 9.17) is 4.74 Å². The number of hydrogen-bond acceptors (Lipinski definition) is 3. The van der Waals surface area contributed by atoms with Crippen LogP contribution in [0, 0.1) is 5.82 Å². The zero-order valence-electron chi connectivity index (χ0n) is 12.0. The average Bonchev–Trinajstić information content (AvgIpc) is 2.51. The van der Waals surface area contributed by atoms with Gasteiger partial charge in [0.25, 0.3) is 0 Å². The Morgan fingerprint density at radius 2 is 1.82 bits per heavy atom. The van der Waals surface area contributed by atoms with Crippen molar-refractivity contribution >= 4 is 10.0 Å². The van der Waals surface area contributed by atoms with Crippen molar-refractivity contribution in [3.05, 3.63) is 66.0 Å². The number of ether oxygens (including phenoxy) is 1. The molecule has 22 heavy (non-hydrogen) atoms. The zero-order chi connectivity index (χ0) is 15.8. The van der Waals surface area contributed by atoms with Gasteiger partial charge >= 0.3 is 0 Å². The van der Waals surface area contributed by atoms with Gasteiger partial charge < -0.3 is 4.74 Å². The lowest BCUT2D eigenvalue weighted by atomic mass is 10.2. The third kappa shape index (κ3) is 5.83. The molecule has 1 N–H and O–H groups in total. The van der Waals surface area contributed by atoms with Crippen molar-refractivity contribution in [2.75, 3.05) is 18.9 Å². The van der Waals surface area contributed by atoms with Crippen LogP contribution in [-0.4, -0.2) is 27.3 Å². The van der Waals surface area contributed by atoms with E-state index >= 15 is 0 Å². The van der Waals surface area contributed by atoms with Crippen molar-refractivity contribution in [2.45, 2.75) is 6.42 Å². The SMILES string of the molecule is O=S(=O)(CCc1ccccc1)NCCOc1cccc(F)c1. The van der Waals surface area contributed by atoms with Crippen LogP contribution < -0.4 is 9.46 Å². The highest BCUT2D eigenvalue weighted by atomic mass is 32.2. The molecule has 2 aromatic rings. The Hall–Kier alpha value is -1.92. The predicted octanol–water partition coefficient (Wildman–Crippen LogP) is 2.37. The van der Waals surface area contributed by atoms with Crippen molar-refractivity contribution < 1.29 is 17.5 Å². The minimum Gasteiger partial charge on any atom is -0.492 e. The molecule has 2 rings (SSSR count). The number of nitrogens with one attached hydrogen (secondary N) is 1. The van der Waals surface area contributed by atoms with Gasteiger partial charge in [-0.2, -0.15) is 0 Å². The fraction of sp³-hybridized carbons (Fsp3) is 0.250. The molecule has 2 aromatic carbocycles. The zero-order valence-corrected chi connectivity index (χ0v) is 12.9. The molecular weight excluding hydrogens is 305 g/mol. The largest absolute Gasteiger partial charge is 0.492 e. The number of halogens is 1. The number of benzene rings is 2. The molecule has 0 saturated heterocycles. The van der Waals surface area contributed by atoms with E-state index in [1.807, 2.05) is 30.3 Å². The van der Waals surface area contributed by atoms with Crippen LogP contribution in [0.3, 0.4) is 0 Å². The van der Waals surface area contributed by atoms with Crippen molar-refractivity contribution in [2.24, 2.45) is 0 Å². The summed E-state index contributed by atoms with van der Waals surface area (Å²) in [4.78, 5) is 0. The molecule has 0 aliphatic rings. The van der Waals surface area contributed by atoms with Crippen LogP contribution in [0.25, 0.3) is 0 Å². The summed E-state index contributed by atoms with van der Waals surface area (Å²) in [5.74, 6) is 0.0150. The number of aryl methyl sites for hydroxylation is 1. The first kappa shape index (κ1) is 16.5. The first-order valence-corrected chi connectivity index (χ1v) is 8.60. The van der Waals surface area contributed by atoms with E-state index in [9.17, 15) is 12.8 Å². The molecule has 6 heteroatoms. The van der Waals surface area contributed by atoms with Gasteiger partial charge in [-0.05, 0) is 24.1 Å². The summed E-state index contributed by atoms with van der Waals surface area (Å²) in [7, 11) is -3.35. The van der Waals surface area contributed by atoms with Gasteiger partial charge in [-0.1, -0.05) is 36.4 Å². The van der Waals surface area contributed by atoms with Gasteiger partial charge in [0.2, 0.25) is 10.0 Å². The Morgan fingerprint density at radius 3 is 2.55 bits per heavy atom. The molecule has 0 unspecified atom stereocenters. The monoisotopic (exact) mass is 323 g/mol. The number of sulfonamides is 1. The Morgan fingerprint density at radius 1 is 1.05 bits per heavy atom. The Balaban J connectivity index is 1.71. The lowest BCUT2D eigenvalue weighted by Gasteiger charge is -2.08. The summed E-state index contributed by atoms with van der Waals surface area (Å²) in [6.45, 7) is 0.293. The fourth-order valence-electron chi connectivity index (χ4n) is 1.89. The molecule has 0 heterocycles. The first-order chi connectivity index (χ1) is 10.6. The highest BCUT2D eigenvalue weighted by Crippen LogP contribution is 2.11. The van der Waals surface area contributed by atoms with Crippen molar-refractivity contribution in [3.63, 3.8) is 0 Å². The maximum atomic E-state index is 12.9. The molecule has 0 saturated carbocycles. The van der Waals surface area contributed by atoms with E-state index in [0.717, 1.165) is 5.56 Å². The van der Waals surface area contributed by atoms with Crippen LogP contribution in [0.2, 0.25) is 0 Å². The highest BCUT2D eigenvalue weighted by Gasteiger charge is 2.09. The predicted molar refractivity (Wildman–Crippen MR) is 83.8 cm³/mol. The molecule has 0 fully saturated rings. The molecule has 0 radical (unpaired) electrons. The summed E-state index contributed by atoms with van der Waals surface area (Å²) in [5.41, 5.74) is 0.976. The van der Waals surface area contributed by atoms with Crippen LogP contribution in [0.1, 0.15) is 5.56 Å². The number of hydrogen-bond donors (Lipinski definition) is 1. The van der Waals surface area contributed by atoms with Crippen LogP contribution in [0.15, 0.2) is 54.6 Å². The summed E-state index contributed by atoms with van der Waals surface area (Å²) in [5, 5.41) is 0. The maximum absolute atomic E-state index is 12.9. The summed E-state index contributed by atoms with van der Waals surface area (Å²) >= 11 is 0. The summed E-state index contributed by atoms with van der Waals surface area (Å²) in [6, 6.07) is 15.2. The van der Waals surface area contributed by atoms with Gasteiger partial charge in [-0.15, -0.1) is 0 Å². The maximum Gasteiger partial charge on any atom is 0.212 e. The third-order valence-electron chi connectivity index (χ3n) is 2.99. The molecule has 0 spiro atoms. The van der Waals surface area contributed by atoms with Gasteiger partial charge in [-0.3, -0.25) is 0 Å². The van der Waals surface area contributed by atoms with Gasteiger partial charge in [0.15, 0.2) is 0 Å². The van der Waals surface area contributed by atoms with E-state index in [2.05, 4.69) is 4.72 Å². The van der Waals surface area contributed by atoms with Crippen molar-refractivity contribution in [1.82, 2.24) is 4.72 Å². The van der Waals surface area contributed by atoms with E-state index in [1.54, 1.807) is 6.07 Å². The van der Waals surface area contributed by atoms with Gasteiger partial charge in [0, 0.05) is 12.6 Å². The van der Waals surface area contributed by atoms with Crippen molar-refractivity contribution in [3.8, 4) is 5.75 Å². The van der Waals surface area contributed by atoms with Crippen LogP contribution in [0.4, 0.5) is 4.39 Å². The van der Waals surface area contributed by atoms with Crippen LogP contribution in [-0.2, 0) is 16.4 Å². The van der Waals surface area contributed by atoms with Gasteiger partial charge in [0.05, 0.1) is 5.75 Å². The van der Waals surface area contributed by atoms with E-state index in [-0.39, 0.29) is 24.7 Å². The molecule has 118 valence electrons.